The number of carbonyl (C=O) groups is 2. The normalized spacial score (nSPS) is 15.0. The molecule has 1 aliphatic heterocycles. The Morgan fingerprint density at radius 2 is 1.75 bits per heavy atom. The van der Waals surface area contributed by atoms with Crippen LogP contribution in [0, 0.1) is 0 Å². The first-order valence-electron chi connectivity index (χ1n) is 11.8. The number of rotatable bonds is 8. The maximum Gasteiger partial charge on any atom is 0.344 e. The molecule has 0 unspecified atom stereocenters. The van der Waals surface area contributed by atoms with Crippen molar-refractivity contribution in [2.75, 3.05) is 13.7 Å². The quantitative estimate of drug-likeness (QED) is 0.256. The average molecular weight is 619 g/mol. The van der Waals surface area contributed by atoms with Crippen LogP contribution in [0.15, 0.2) is 81.9 Å². The molecule has 0 aromatic heterocycles. The molecule has 1 amide bonds. The fraction of sp³-hybridized carbons (Fsp3) is 0.138. The number of carbonyl (C=O) groups excluding carboxylic acids is 2. The van der Waals surface area contributed by atoms with E-state index in [2.05, 4.69) is 4.99 Å². The van der Waals surface area contributed by atoms with E-state index < -0.39 is 11.9 Å². The Hall–Kier alpha value is -3.43. The zero-order valence-corrected chi connectivity index (χ0v) is 24.3. The molecular weight excluding hydrogens is 597 g/mol. The smallest absolute Gasteiger partial charge is 0.344 e. The van der Waals surface area contributed by atoms with E-state index in [1.165, 1.54) is 7.11 Å². The minimum absolute atomic E-state index is 0.0221. The molecule has 0 saturated heterocycles. The maximum atomic E-state index is 12.8. The van der Waals surface area contributed by atoms with Crippen LogP contribution >= 0.6 is 46.6 Å². The maximum absolute atomic E-state index is 12.8. The summed E-state index contributed by atoms with van der Waals surface area (Å²) in [7, 11) is 1.52. The number of benzene rings is 3. The molecule has 0 atom stereocenters. The Morgan fingerprint density at radius 3 is 2.40 bits per heavy atom. The molecule has 1 aliphatic rings. The van der Waals surface area contributed by atoms with Gasteiger partial charge in [-0.3, -0.25) is 4.79 Å². The Balaban J connectivity index is 1.58. The Labute approximate surface area is 250 Å². The Kier molecular flexibility index (Phi) is 9.81. The third-order valence-electron chi connectivity index (χ3n) is 5.56. The van der Waals surface area contributed by atoms with Crippen LogP contribution in [-0.2, 0) is 16.1 Å². The van der Waals surface area contributed by atoms with E-state index >= 15 is 0 Å². The highest BCUT2D eigenvalue weighted by Gasteiger charge is 2.34. The van der Waals surface area contributed by atoms with Gasteiger partial charge >= 0.3 is 5.97 Å². The van der Waals surface area contributed by atoms with Gasteiger partial charge < -0.3 is 19.3 Å². The second kappa shape index (κ2) is 13.3. The van der Waals surface area contributed by atoms with Crippen molar-refractivity contribution in [3.05, 3.63) is 109 Å². The minimum Gasteiger partial charge on any atom is -0.506 e. The van der Waals surface area contributed by atoms with Crippen LogP contribution in [-0.4, -0.2) is 35.7 Å². The number of ether oxygens (including phenoxy) is 3. The zero-order valence-electron chi connectivity index (χ0n) is 21.2. The fourth-order valence-corrected chi connectivity index (χ4v) is 5.27. The first-order valence-corrected chi connectivity index (χ1v) is 13.8. The molecule has 0 fully saturated rings. The summed E-state index contributed by atoms with van der Waals surface area (Å²) in [6.07, 6.45) is 1.62. The van der Waals surface area contributed by atoms with Gasteiger partial charge in [0.2, 0.25) is 0 Å². The summed E-state index contributed by atoms with van der Waals surface area (Å²) in [6, 6.07) is 16.5. The van der Waals surface area contributed by atoms with Crippen molar-refractivity contribution < 1.29 is 28.9 Å². The lowest BCUT2D eigenvalue weighted by atomic mass is 10.1. The molecule has 3 aromatic carbocycles. The first kappa shape index (κ1) is 29.6. The Bertz CT molecular complexity index is 1550. The van der Waals surface area contributed by atoms with E-state index in [0.29, 0.717) is 37.0 Å². The highest BCUT2D eigenvalue weighted by Crippen LogP contribution is 2.40. The summed E-state index contributed by atoms with van der Waals surface area (Å²) >= 11 is 19.6. The number of esters is 1. The number of nitrogens with zero attached hydrogens (tertiary/aromatic N) is 1. The van der Waals surface area contributed by atoms with Crippen molar-refractivity contribution in [2.24, 2.45) is 4.99 Å². The molecule has 1 N–H and O–H groups in total. The van der Waals surface area contributed by atoms with E-state index in [9.17, 15) is 14.7 Å². The van der Waals surface area contributed by atoms with Gasteiger partial charge in [0.25, 0.3) is 5.91 Å². The highest BCUT2D eigenvalue weighted by atomic mass is 35.5. The first-order chi connectivity index (χ1) is 19.2. The number of amides is 1. The second-order valence-corrected chi connectivity index (χ2v) is 10.5. The number of halogens is 3. The topological polar surface area (TPSA) is 94.4 Å². The van der Waals surface area contributed by atoms with Gasteiger partial charge in [0.15, 0.2) is 0 Å². The number of hydrogen-bond donors (Lipinski definition) is 1. The zero-order chi connectivity index (χ0) is 28.8. The van der Waals surface area contributed by atoms with Crippen LogP contribution in [0.1, 0.15) is 28.4 Å². The van der Waals surface area contributed by atoms with Gasteiger partial charge in [-0.1, -0.05) is 58.7 Å². The molecule has 40 heavy (non-hydrogen) atoms. The fourth-order valence-electron chi connectivity index (χ4n) is 3.55. The molecule has 0 bridgehead atoms. The van der Waals surface area contributed by atoms with Crippen molar-refractivity contribution in [1.82, 2.24) is 0 Å². The summed E-state index contributed by atoms with van der Waals surface area (Å²) in [5.74, 6) is -0.726. The highest BCUT2D eigenvalue weighted by molar-refractivity contribution is 8.18. The number of hydrogen-bond acceptors (Lipinski definition) is 7. The third-order valence-corrected chi connectivity index (χ3v) is 7.46. The molecule has 7 nitrogen and oxygen atoms in total. The van der Waals surface area contributed by atoms with Gasteiger partial charge in [0.1, 0.15) is 34.5 Å². The van der Waals surface area contributed by atoms with Crippen LogP contribution in [0.25, 0.3) is 6.08 Å². The van der Waals surface area contributed by atoms with E-state index in [1.807, 2.05) is 0 Å². The van der Waals surface area contributed by atoms with Crippen molar-refractivity contribution in [2.45, 2.75) is 13.5 Å². The Morgan fingerprint density at radius 1 is 1.00 bits per heavy atom. The van der Waals surface area contributed by atoms with Gasteiger partial charge in [0, 0.05) is 21.2 Å². The van der Waals surface area contributed by atoms with E-state index in [1.54, 1.807) is 73.7 Å². The summed E-state index contributed by atoms with van der Waals surface area (Å²) in [5, 5.41) is 12.3. The molecule has 1 heterocycles. The lowest BCUT2D eigenvalue weighted by Gasteiger charge is -2.10. The standard InChI is InChI=1S/C29H22Cl3NO6S/c1-3-38-29(36)25-26(34)24(40-28(25)33-27(35)17-6-9-20(37-2)10-7-17)13-16-4-11-23(22(32)12-16)39-15-18-5-8-19(30)14-21(18)31/h4-14,34H,3,15H2,1-2H3/b24-13-,33-28?. The second-order valence-electron chi connectivity index (χ2n) is 8.22. The van der Waals surface area contributed by atoms with Gasteiger partial charge in [-0.05, 0) is 67.1 Å². The van der Waals surface area contributed by atoms with Crippen molar-refractivity contribution in [3.63, 3.8) is 0 Å². The predicted octanol–water partition coefficient (Wildman–Crippen LogP) is 7.94. The van der Waals surface area contributed by atoms with Gasteiger partial charge in [-0.2, -0.15) is 0 Å². The number of thioether (sulfide) groups is 1. The molecule has 0 spiro atoms. The number of aliphatic hydroxyl groups excluding tert-OH is 1. The molecule has 3 aromatic rings. The summed E-state index contributed by atoms with van der Waals surface area (Å²) in [6.45, 7) is 1.90. The summed E-state index contributed by atoms with van der Waals surface area (Å²) in [5.41, 5.74) is 1.46. The average Bonchev–Trinajstić information content (AvgIpc) is 3.23. The van der Waals surface area contributed by atoms with Crippen molar-refractivity contribution in [1.29, 1.82) is 0 Å². The number of aliphatic imine (C=N–C) groups is 1. The van der Waals surface area contributed by atoms with Crippen LogP contribution in [0.3, 0.4) is 0 Å². The minimum atomic E-state index is -0.792. The summed E-state index contributed by atoms with van der Waals surface area (Å²) < 4.78 is 16.0. The van der Waals surface area contributed by atoms with E-state index in [0.717, 1.165) is 17.3 Å². The molecule has 206 valence electrons. The molecule has 0 aliphatic carbocycles. The molecule has 4 rings (SSSR count). The molecular formula is C29H22Cl3NO6S. The largest absolute Gasteiger partial charge is 0.506 e. The van der Waals surface area contributed by atoms with Gasteiger partial charge in [0.05, 0.1) is 23.6 Å². The van der Waals surface area contributed by atoms with E-state index in [4.69, 9.17) is 49.0 Å². The number of aliphatic hydroxyl groups is 1. The van der Waals surface area contributed by atoms with Crippen LogP contribution < -0.4 is 9.47 Å². The predicted molar refractivity (Wildman–Crippen MR) is 159 cm³/mol. The molecule has 11 heteroatoms. The monoisotopic (exact) mass is 617 g/mol. The van der Waals surface area contributed by atoms with Crippen LogP contribution in [0.5, 0.6) is 11.5 Å². The lowest BCUT2D eigenvalue weighted by Crippen LogP contribution is -2.14. The van der Waals surface area contributed by atoms with Crippen molar-refractivity contribution >= 4 is 69.6 Å². The summed E-state index contributed by atoms with van der Waals surface area (Å²) in [4.78, 5) is 29.9. The SMILES string of the molecule is CCOC(=O)C1=C(O)/C(=C/c2ccc(OCc3ccc(Cl)cc3Cl)c(Cl)c2)SC1=NC(=O)c1ccc(OC)cc1. The van der Waals surface area contributed by atoms with Crippen molar-refractivity contribution in [3.8, 4) is 11.5 Å². The van der Waals surface area contributed by atoms with E-state index in [-0.39, 0.29) is 35.2 Å². The lowest BCUT2D eigenvalue weighted by molar-refractivity contribution is -0.138. The molecule has 0 radical (unpaired) electrons. The molecule has 0 saturated carbocycles. The third kappa shape index (κ3) is 7.01. The van der Waals surface area contributed by atoms with Crippen LogP contribution in [0.4, 0.5) is 0 Å². The number of methoxy groups -OCH3 is 1. The van der Waals surface area contributed by atoms with Gasteiger partial charge in [-0.15, -0.1) is 0 Å². The van der Waals surface area contributed by atoms with Crippen LogP contribution in [0.2, 0.25) is 15.1 Å². The van der Waals surface area contributed by atoms with Gasteiger partial charge in [-0.25, -0.2) is 9.79 Å².